The number of aliphatic imine (C=N–C) groups is 1. The van der Waals surface area contributed by atoms with Gasteiger partial charge in [-0.1, -0.05) is 30.3 Å². The average molecular weight is 372 g/mol. The Morgan fingerprint density at radius 3 is 2.44 bits per heavy atom. The van der Waals surface area contributed by atoms with Crippen molar-refractivity contribution in [2.45, 2.75) is 0 Å². The van der Waals surface area contributed by atoms with Crippen molar-refractivity contribution in [1.29, 1.82) is 0 Å². The molecule has 1 aromatic heterocycles. The predicted molar refractivity (Wildman–Crippen MR) is 111 cm³/mol. The van der Waals surface area contributed by atoms with Crippen LogP contribution >= 0.6 is 11.3 Å². The fourth-order valence-corrected chi connectivity index (χ4v) is 3.36. The number of hydrazone groups is 1. The molecule has 0 aliphatic rings. The lowest BCUT2D eigenvalue weighted by Crippen LogP contribution is -2.18. The number of aromatic hydroxyl groups is 1. The fraction of sp³-hybridized carbons (Fsp3) is 0. The largest absolute Gasteiger partial charge is 0.508 e. The quantitative estimate of drug-likeness (QED) is 0.310. The van der Waals surface area contributed by atoms with Gasteiger partial charge in [0.05, 0.1) is 22.1 Å². The molecule has 132 valence electrons. The highest BCUT2D eigenvalue weighted by atomic mass is 32.1. The summed E-state index contributed by atoms with van der Waals surface area (Å²) in [4.78, 5) is 9.33. The maximum Gasteiger partial charge on any atom is 0.183 e. The third-order valence-electron chi connectivity index (χ3n) is 3.77. The smallest absolute Gasteiger partial charge is 0.183 e. The summed E-state index contributed by atoms with van der Waals surface area (Å²) in [6.45, 7) is 0. The molecule has 6 heteroatoms. The van der Waals surface area contributed by atoms with Gasteiger partial charge in [-0.3, -0.25) is 5.43 Å². The maximum absolute atomic E-state index is 9.37. The highest BCUT2D eigenvalue weighted by Crippen LogP contribution is 2.23. The van der Waals surface area contributed by atoms with Crippen molar-refractivity contribution in [2.75, 3.05) is 0 Å². The molecule has 0 amide bonds. The van der Waals surface area contributed by atoms with E-state index in [4.69, 9.17) is 0 Å². The Morgan fingerprint density at radius 2 is 1.67 bits per heavy atom. The number of hydrogen-bond donors (Lipinski definition) is 2. The number of fused-ring (bicyclic) bond motifs is 1. The molecule has 0 unspecified atom stereocenters. The number of amidine groups is 1. The average Bonchev–Trinajstić information content (AvgIpc) is 3.14. The summed E-state index contributed by atoms with van der Waals surface area (Å²) in [5, 5.41) is 14.4. The van der Waals surface area contributed by atoms with Crippen LogP contribution in [0.25, 0.3) is 10.2 Å². The van der Waals surface area contributed by atoms with E-state index < -0.39 is 0 Å². The minimum absolute atomic E-state index is 0.223. The van der Waals surface area contributed by atoms with Crippen LogP contribution in [0.3, 0.4) is 0 Å². The molecule has 5 nitrogen and oxygen atoms in total. The summed E-state index contributed by atoms with van der Waals surface area (Å²) < 4.78 is 1.09. The monoisotopic (exact) mass is 372 g/mol. The lowest BCUT2D eigenvalue weighted by atomic mass is 10.2. The van der Waals surface area contributed by atoms with Gasteiger partial charge in [-0.05, 0) is 54.1 Å². The lowest BCUT2D eigenvalue weighted by molar-refractivity contribution is 0.475. The highest BCUT2D eigenvalue weighted by molar-refractivity contribution is 7.20. The van der Waals surface area contributed by atoms with Gasteiger partial charge < -0.3 is 5.11 Å². The first-order valence-corrected chi connectivity index (χ1v) is 9.17. The second kappa shape index (κ2) is 7.80. The molecule has 27 heavy (non-hydrogen) atoms. The van der Waals surface area contributed by atoms with Crippen molar-refractivity contribution in [3.8, 4) is 5.75 Å². The molecule has 4 rings (SSSR count). The van der Waals surface area contributed by atoms with Crippen LogP contribution in [-0.2, 0) is 0 Å². The van der Waals surface area contributed by atoms with Crippen LogP contribution in [0.2, 0.25) is 0 Å². The molecule has 0 atom stereocenters. The number of rotatable bonds is 4. The highest BCUT2D eigenvalue weighted by Gasteiger charge is 2.10. The minimum atomic E-state index is 0.223. The zero-order valence-corrected chi connectivity index (χ0v) is 15.1. The van der Waals surface area contributed by atoms with Gasteiger partial charge in [-0.15, -0.1) is 11.3 Å². The second-order valence-corrected chi connectivity index (χ2v) is 6.77. The maximum atomic E-state index is 9.37. The van der Waals surface area contributed by atoms with Gasteiger partial charge in [0.2, 0.25) is 0 Å². The van der Waals surface area contributed by atoms with E-state index in [1.165, 1.54) is 0 Å². The molecule has 2 N–H and O–H groups in total. The molecular weight excluding hydrogens is 356 g/mol. The Bertz CT molecular complexity index is 1070. The van der Waals surface area contributed by atoms with E-state index in [-0.39, 0.29) is 5.75 Å². The molecule has 0 spiro atoms. The van der Waals surface area contributed by atoms with Crippen LogP contribution in [0.5, 0.6) is 5.75 Å². The Kier molecular flexibility index (Phi) is 4.89. The van der Waals surface area contributed by atoms with Crippen molar-refractivity contribution in [2.24, 2.45) is 10.1 Å². The number of para-hydroxylation sites is 2. The summed E-state index contributed by atoms with van der Waals surface area (Å²) in [6.07, 6.45) is 1.67. The first kappa shape index (κ1) is 16.9. The van der Waals surface area contributed by atoms with Crippen molar-refractivity contribution < 1.29 is 5.11 Å². The molecule has 0 saturated carbocycles. The van der Waals surface area contributed by atoms with Crippen molar-refractivity contribution in [3.63, 3.8) is 0 Å². The molecule has 0 bridgehead atoms. The molecule has 0 saturated heterocycles. The Hall–Kier alpha value is -3.51. The first-order valence-electron chi connectivity index (χ1n) is 8.36. The Morgan fingerprint density at radius 1 is 0.926 bits per heavy atom. The number of aromatic nitrogens is 1. The van der Waals surface area contributed by atoms with Crippen LogP contribution in [0.4, 0.5) is 5.69 Å². The number of phenolic OH excluding ortho intramolecular Hbond substituents is 1. The van der Waals surface area contributed by atoms with Gasteiger partial charge in [0.15, 0.2) is 10.8 Å². The van der Waals surface area contributed by atoms with Crippen molar-refractivity contribution in [1.82, 2.24) is 10.4 Å². The van der Waals surface area contributed by atoms with Crippen LogP contribution < -0.4 is 5.43 Å². The van der Waals surface area contributed by atoms with Crippen LogP contribution in [-0.4, -0.2) is 22.1 Å². The number of hydrogen-bond acceptors (Lipinski definition) is 5. The number of phenols is 1. The number of thiazole rings is 1. The van der Waals surface area contributed by atoms with Gasteiger partial charge in [0.1, 0.15) is 5.75 Å². The van der Waals surface area contributed by atoms with E-state index >= 15 is 0 Å². The van der Waals surface area contributed by atoms with E-state index in [0.717, 1.165) is 26.5 Å². The summed E-state index contributed by atoms with van der Waals surface area (Å²) in [6, 6.07) is 24.5. The van der Waals surface area contributed by atoms with Gasteiger partial charge >= 0.3 is 0 Å². The third kappa shape index (κ3) is 4.19. The van der Waals surface area contributed by atoms with E-state index in [1.807, 2.05) is 54.6 Å². The van der Waals surface area contributed by atoms with Gasteiger partial charge in [0.25, 0.3) is 0 Å². The molecule has 3 aromatic carbocycles. The lowest BCUT2D eigenvalue weighted by Gasteiger charge is -2.03. The van der Waals surface area contributed by atoms with E-state index in [9.17, 15) is 5.11 Å². The molecule has 1 heterocycles. The molecular formula is C21H16N4OS. The van der Waals surface area contributed by atoms with Gasteiger partial charge in [-0.25, -0.2) is 9.98 Å². The SMILES string of the molecule is Oc1ccc(C=NNC(=Nc2ccccc2)c2nc3ccccc3s2)cc1. The van der Waals surface area contributed by atoms with Crippen LogP contribution in [0, 0.1) is 0 Å². The topological polar surface area (TPSA) is 69.9 Å². The summed E-state index contributed by atoms with van der Waals surface area (Å²) in [5.41, 5.74) is 5.63. The second-order valence-electron chi connectivity index (χ2n) is 5.74. The van der Waals surface area contributed by atoms with E-state index in [2.05, 4.69) is 20.5 Å². The Labute approximate surface area is 160 Å². The number of nitrogens with zero attached hydrogens (tertiary/aromatic N) is 3. The van der Waals surface area contributed by atoms with Crippen LogP contribution in [0.15, 0.2) is 89.0 Å². The zero-order chi connectivity index (χ0) is 18.5. The molecule has 4 aromatic rings. The fourth-order valence-electron chi connectivity index (χ4n) is 2.45. The zero-order valence-electron chi connectivity index (χ0n) is 14.3. The van der Waals surface area contributed by atoms with Gasteiger partial charge in [0, 0.05) is 0 Å². The predicted octanol–water partition coefficient (Wildman–Crippen LogP) is 4.70. The van der Waals surface area contributed by atoms with Crippen molar-refractivity contribution in [3.05, 3.63) is 89.4 Å². The van der Waals surface area contributed by atoms with Crippen molar-refractivity contribution >= 4 is 39.3 Å². The standard InChI is InChI=1S/C21H16N4OS/c26-17-12-10-15(11-13-17)14-22-25-20(23-16-6-2-1-3-7-16)21-24-18-8-4-5-9-19(18)27-21/h1-14,26H,(H,23,25). The van der Waals surface area contributed by atoms with E-state index in [0.29, 0.717) is 5.84 Å². The first-order chi connectivity index (χ1) is 13.3. The third-order valence-corrected chi connectivity index (χ3v) is 4.81. The summed E-state index contributed by atoms with van der Waals surface area (Å²) in [5.74, 6) is 0.804. The molecule has 0 aliphatic heterocycles. The van der Waals surface area contributed by atoms with E-state index in [1.54, 1.807) is 41.8 Å². The molecule has 0 radical (unpaired) electrons. The molecule has 0 aliphatic carbocycles. The summed E-state index contributed by atoms with van der Waals surface area (Å²) >= 11 is 1.56. The normalized spacial score (nSPS) is 11.9. The molecule has 0 fully saturated rings. The van der Waals surface area contributed by atoms with Gasteiger partial charge in [-0.2, -0.15) is 5.10 Å². The Balaban J connectivity index is 1.65. The number of benzene rings is 3. The minimum Gasteiger partial charge on any atom is -0.508 e. The van der Waals surface area contributed by atoms with Crippen LogP contribution in [0.1, 0.15) is 10.6 Å². The summed E-state index contributed by atoms with van der Waals surface area (Å²) in [7, 11) is 0. The number of nitrogens with one attached hydrogen (secondary N) is 1.